The first-order valence-corrected chi connectivity index (χ1v) is 7.24. The Bertz CT molecular complexity index is 487. The standard InChI is InChI=1S/C16H26N2O3/c1-10(2)18-8-13(19)9-21-15-6-11(3)5-12(4)16(15)14(20)7-17/h5-6,10,13,18-19H,7-9,17H2,1-4H3. The third-order valence-electron chi connectivity index (χ3n) is 3.10. The smallest absolute Gasteiger partial charge is 0.180 e. The van der Waals surface area contributed by atoms with E-state index in [1.165, 1.54) is 0 Å². The van der Waals surface area contributed by atoms with Gasteiger partial charge >= 0.3 is 0 Å². The molecule has 0 aliphatic rings. The van der Waals surface area contributed by atoms with Crippen LogP contribution in [0.1, 0.15) is 35.3 Å². The van der Waals surface area contributed by atoms with Crippen LogP contribution in [0.15, 0.2) is 12.1 Å². The summed E-state index contributed by atoms with van der Waals surface area (Å²) in [4.78, 5) is 11.9. The van der Waals surface area contributed by atoms with Crippen LogP contribution in [0.4, 0.5) is 0 Å². The van der Waals surface area contributed by atoms with Crippen LogP contribution in [-0.2, 0) is 0 Å². The van der Waals surface area contributed by atoms with Gasteiger partial charge in [-0.3, -0.25) is 4.79 Å². The first kappa shape index (κ1) is 17.6. The van der Waals surface area contributed by atoms with E-state index in [1.807, 2.05) is 33.8 Å². The number of hydrogen-bond acceptors (Lipinski definition) is 5. The monoisotopic (exact) mass is 294 g/mol. The molecule has 0 fully saturated rings. The second-order valence-electron chi connectivity index (χ2n) is 5.61. The Kier molecular flexibility index (Phi) is 6.81. The summed E-state index contributed by atoms with van der Waals surface area (Å²) in [5.74, 6) is 0.337. The van der Waals surface area contributed by atoms with Gasteiger partial charge in [0, 0.05) is 12.6 Å². The number of hydrogen-bond donors (Lipinski definition) is 3. The van der Waals surface area contributed by atoms with Gasteiger partial charge in [-0.15, -0.1) is 0 Å². The fraction of sp³-hybridized carbons (Fsp3) is 0.562. The van der Waals surface area contributed by atoms with Crippen LogP contribution in [0, 0.1) is 13.8 Å². The van der Waals surface area contributed by atoms with Gasteiger partial charge in [-0.25, -0.2) is 0 Å². The molecule has 0 amide bonds. The Labute approximate surface area is 126 Å². The minimum absolute atomic E-state index is 0.0578. The lowest BCUT2D eigenvalue weighted by atomic mass is 10.0. The van der Waals surface area contributed by atoms with Crippen LogP contribution in [0.5, 0.6) is 5.75 Å². The molecular weight excluding hydrogens is 268 g/mol. The van der Waals surface area contributed by atoms with Crippen molar-refractivity contribution in [3.05, 3.63) is 28.8 Å². The Morgan fingerprint density at radius 1 is 1.38 bits per heavy atom. The number of carbonyl (C=O) groups excluding carboxylic acids is 1. The van der Waals surface area contributed by atoms with Crippen molar-refractivity contribution in [1.29, 1.82) is 0 Å². The van der Waals surface area contributed by atoms with Crippen LogP contribution < -0.4 is 15.8 Å². The highest BCUT2D eigenvalue weighted by Crippen LogP contribution is 2.25. The van der Waals surface area contributed by atoms with Gasteiger partial charge in [-0.2, -0.15) is 0 Å². The molecule has 0 aromatic heterocycles. The summed E-state index contributed by atoms with van der Waals surface area (Å²) < 4.78 is 5.65. The number of aliphatic hydroxyl groups excluding tert-OH is 1. The topological polar surface area (TPSA) is 84.6 Å². The molecule has 1 rings (SSSR count). The van der Waals surface area contributed by atoms with E-state index < -0.39 is 6.10 Å². The van der Waals surface area contributed by atoms with Crippen LogP contribution in [0.25, 0.3) is 0 Å². The Balaban J connectivity index is 2.80. The number of carbonyl (C=O) groups is 1. The van der Waals surface area contributed by atoms with Gasteiger partial charge in [0.05, 0.1) is 12.1 Å². The SMILES string of the molecule is Cc1cc(C)c(C(=O)CN)c(OCC(O)CNC(C)C)c1. The van der Waals surface area contributed by atoms with Gasteiger partial charge in [0.25, 0.3) is 0 Å². The van der Waals surface area contributed by atoms with Crippen LogP contribution in [-0.4, -0.2) is 42.7 Å². The minimum Gasteiger partial charge on any atom is -0.490 e. The van der Waals surface area contributed by atoms with E-state index in [4.69, 9.17) is 10.5 Å². The number of Topliss-reactive ketones (excluding diaryl/α,β-unsaturated/α-hetero) is 1. The number of nitrogens with two attached hydrogens (primary N) is 1. The largest absolute Gasteiger partial charge is 0.490 e. The molecule has 4 N–H and O–H groups in total. The van der Waals surface area contributed by atoms with Crippen molar-refractivity contribution in [3.8, 4) is 5.75 Å². The number of benzene rings is 1. The molecule has 0 heterocycles. The van der Waals surface area contributed by atoms with Gasteiger partial charge in [0.2, 0.25) is 0 Å². The highest BCUT2D eigenvalue weighted by atomic mass is 16.5. The predicted molar refractivity (Wildman–Crippen MR) is 83.9 cm³/mol. The van der Waals surface area contributed by atoms with Crippen molar-refractivity contribution in [2.45, 2.75) is 39.8 Å². The molecule has 0 saturated carbocycles. The zero-order chi connectivity index (χ0) is 16.0. The van der Waals surface area contributed by atoms with Gasteiger partial charge in [0.1, 0.15) is 18.5 Å². The summed E-state index contributed by atoms with van der Waals surface area (Å²) in [5.41, 5.74) is 7.81. The number of aryl methyl sites for hydroxylation is 2. The molecule has 0 bridgehead atoms. The normalized spacial score (nSPS) is 12.5. The zero-order valence-corrected chi connectivity index (χ0v) is 13.3. The molecule has 0 aliphatic carbocycles. The molecule has 1 aromatic carbocycles. The van der Waals surface area contributed by atoms with Crippen molar-refractivity contribution >= 4 is 5.78 Å². The molecule has 5 nitrogen and oxygen atoms in total. The average molecular weight is 294 g/mol. The lowest BCUT2D eigenvalue weighted by molar-refractivity contribution is 0.0959. The Morgan fingerprint density at radius 2 is 2.05 bits per heavy atom. The maximum absolute atomic E-state index is 11.9. The van der Waals surface area contributed by atoms with Crippen molar-refractivity contribution in [2.24, 2.45) is 5.73 Å². The predicted octanol–water partition coefficient (Wildman–Crippen LogP) is 1.18. The quantitative estimate of drug-likeness (QED) is 0.627. The van der Waals surface area contributed by atoms with E-state index in [2.05, 4.69) is 5.32 Å². The zero-order valence-electron chi connectivity index (χ0n) is 13.3. The first-order valence-electron chi connectivity index (χ1n) is 7.24. The van der Waals surface area contributed by atoms with Crippen molar-refractivity contribution < 1.29 is 14.6 Å². The molecule has 21 heavy (non-hydrogen) atoms. The van der Waals surface area contributed by atoms with Crippen LogP contribution >= 0.6 is 0 Å². The molecule has 1 unspecified atom stereocenters. The summed E-state index contributed by atoms with van der Waals surface area (Å²) in [6.45, 7) is 8.34. The lowest BCUT2D eigenvalue weighted by Gasteiger charge is -2.18. The van der Waals surface area contributed by atoms with Crippen LogP contribution in [0.3, 0.4) is 0 Å². The van der Waals surface area contributed by atoms with Crippen molar-refractivity contribution in [1.82, 2.24) is 5.32 Å². The van der Waals surface area contributed by atoms with E-state index in [9.17, 15) is 9.90 Å². The van der Waals surface area contributed by atoms with Gasteiger partial charge in [-0.1, -0.05) is 19.9 Å². The van der Waals surface area contributed by atoms with Crippen LogP contribution in [0.2, 0.25) is 0 Å². The maximum Gasteiger partial charge on any atom is 0.180 e. The van der Waals surface area contributed by atoms with E-state index in [0.29, 0.717) is 23.9 Å². The van der Waals surface area contributed by atoms with E-state index in [-0.39, 0.29) is 18.9 Å². The summed E-state index contributed by atoms with van der Waals surface area (Å²) in [6, 6.07) is 4.03. The fourth-order valence-corrected chi connectivity index (χ4v) is 2.12. The highest BCUT2D eigenvalue weighted by Gasteiger charge is 2.16. The molecule has 0 saturated heterocycles. The van der Waals surface area contributed by atoms with E-state index in [0.717, 1.165) is 11.1 Å². The second kappa shape index (κ2) is 8.12. The first-order chi connectivity index (χ1) is 9.85. The number of ketones is 1. The fourth-order valence-electron chi connectivity index (χ4n) is 2.12. The van der Waals surface area contributed by atoms with E-state index in [1.54, 1.807) is 6.07 Å². The Morgan fingerprint density at radius 3 is 2.62 bits per heavy atom. The molecule has 0 spiro atoms. The number of ether oxygens (including phenoxy) is 1. The van der Waals surface area contributed by atoms with E-state index >= 15 is 0 Å². The molecular formula is C16H26N2O3. The summed E-state index contributed by atoms with van der Waals surface area (Å²) >= 11 is 0. The number of rotatable bonds is 8. The molecule has 118 valence electrons. The maximum atomic E-state index is 11.9. The third-order valence-corrected chi connectivity index (χ3v) is 3.10. The van der Waals surface area contributed by atoms with Gasteiger partial charge in [0.15, 0.2) is 5.78 Å². The summed E-state index contributed by atoms with van der Waals surface area (Å²) in [5, 5.41) is 13.0. The van der Waals surface area contributed by atoms with Gasteiger partial charge < -0.3 is 20.9 Å². The third kappa shape index (κ3) is 5.46. The summed E-state index contributed by atoms with van der Waals surface area (Å²) in [6.07, 6.45) is -0.631. The molecule has 0 radical (unpaired) electrons. The minimum atomic E-state index is -0.631. The van der Waals surface area contributed by atoms with Gasteiger partial charge in [-0.05, 0) is 31.0 Å². The second-order valence-corrected chi connectivity index (χ2v) is 5.61. The molecule has 0 aliphatic heterocycles. The average Bonchev–Trinajstić information content (AvgIpc) is 2.41. The molecule has 1 atom stereocenters. The van der Waals surface area contributed by atoms with Crippen molar-refractivity contribution in [2.75, 3.05) is 19.7 Å². The summed E-state index contributed by atoms with van der Waals surface area (Å²) in [7, 11) is 0. The molecule has 5 heteroatoms. The lowest BCUT2D eigenvalue weighted by Crippen LogP contribution is -2.35. The Hall–Kier alpha value is -1.43. The number of aliphatic hydroxyl groups is 1. The van der Waals surface area contributed by atoms with Crippen molar-refractivity contribution in [3.63, 3.8) is 0 Å². The molecule has 1 aromatic rings. The highest BCUT2D eigenvalue weighted by molar-refractivity contribution is 6.01. The number of nitrogens with one attached hydrogen (secondary N) is 1.